The van der Waals surface area contributed by atoms with E-state index in [1.54, 1.807) is 28.0 Å². The van der Waals surface area contributed by atoms with E-state index in [-0.39, 0.29) is 11.3 Å². The van der Waals surface area contributed by atoms with Crippen molar-refractivity contribution in [3.63, 3.8) is 0 Å². The van der Waals surface area contributed by atoms with Crippen LogP contribution in [0.25, 0.3) is 5.69 Å². The predicted octanol–water partition coefficient (Wildman–Crippen LogP) is 4.86. The SMILES string of the molecule is O=C1CS[C@@H](c2ccn(-c3ccc(C(F)(F)F)cc3)c2)N1Cc1ccco1. The van der Waals surface area contributed by atoms with Gasteiger partial charge in [-0.05, 0) is 42.5 Å². The molecule has 0 unspecified atom stereocenters. The van der Waals surface area contributed by atoms with Crippen molar-refractivity contribution in [2.45, 2.75) is 18.1 Å². The van der Waals surface area contributed by atoms with Crippen molar-refractivity contribution >= 4 is 17.7 Å². The van der Waals surface area contributed by atoms with Gasteiger partial charge in [0.15, 0.2) is 0 Å². The highest BCUT2D eigenvalue weighted by Gasteiger charge is 2.34. The summed E-state index contributed by atoms with van der Waals surface area (Å²) in [6, 6.07) is 10.5. The lowest BCUT2D eigenvalue weighted by Crippen LogP contribution is -2.27. The minimum Gasteiger partial charge on any atom is -0.467 e. The van der Waals surface area contributed by atoms with E-state index < -0.39 is 11.7 Å². The number of furan rings is 1. The van der Waals surface area contributed by atoms with Gasteiger partial charge in [-0.1, -0.05) is 0 Å². The van der Waals surface area contributed by atoms with Gasteiger partial charge in [0.1, 0.15) is 11.1 Å². The Bertz CT molecular complexity index is 933. The van der Waals surface area contributed by atoms with Crippen molar-refractivity contribution in [3.05, 3.63) is 78.0 Å². The maximum Gasteiger partial charge on any atom is 0.416 e. The molecule has 0 aliphatic carbocycles. The molecule has 0 saturated carbocycles. The third-order valence-electron chi connectivity index (χ3n) is 4.37. The second-order valence-electron chi connectivity index (χ2n) is 6.16. The average Bonchev–Trinajstić information content (AvgIpc) is 3.37. The van der Waals surface area contributed by atoms with E-state index in [0.717, 1.165) is 17.7 Å². The van der Waals surface area contributed by atoms with Gasteiger partial charge in [-0.2, -0.15) is 13.2 Å². The number of carbonyl (C=O) groups is 1. The maximum absolute atomic E-state index is 12.7. The first kappa shape index (κ1) is 17.8. The van der Waals surface area contributed by atoms with E-state index in [4.69, 9.17) is 4.42 Å². The van der Waals surface area contributed by atoms with Crippen molar-refractivity contribution in [1.29, 1.82) is 0 Å². The molecule has 1 aromatic carbocycles. The van der Waals surface area contributed by atoms with Crippen molar-refractivity contribution in [1.82, 2.24) is 9.47 Å². The van der Waals surface area contributed by atoms with Crippen LogP contribution in [0.5, 0.6) is 0 Å². The van der Waals surface area contributed by atoms with E-state index in [1.165, 1.54) is 23.9 Å². The Morgan fingerprint density at radius 2 is 1.93 bits per heavy atom. The van der Waals surface area contributed by atoms with Crippen LogP contribution in [0.2, 0.25) is 0 Å². The molecule has 8 heteroatoms. The second kappa shape index (κ2) is 6.84. The quantitative estimate of drug-likeness (QED) is 0.636. The van der Waals surface area contributed by atoms with Crippen LogP contribution in [0.15, 0.2) is 65.5 Å². The van der Waals surface area contributed by atoms with E-state index in [1.807, 2.05) is 18.3 Å². The molecule has 27 heavy (non-hydrogen) atoms. The standard InChI is InChI=1S/C19H15F3N2O2S/c20-19(21,22)14-3-5-15(6-4-14)23-8-7-13(10-23)18-24(17(25)12-27-18)11-16-2-1-9-26-16/h1-10,18H,11-12H2/t18-/m0/s1. The summed E-state index contributed by atoms with van der Waals surface area (Å²) in [5.41, 5.74) is 0.860. The highest BCUT2D eigenvalue weighted by atomic mass is 32.2. The molecule has 0 spiro atoms. The van der Waals surface area contributed by atoms with Gasteiger partial charge in [0.25, 0.3) is 0 Å². The lowest BCUT2D eigenvalue weighted by molar-refractivity contribution is -0.137. The number of amides is 1. The lowest BCUT2D eigenvalue weighted by Gasteiger charge is -2.22. The summed E-state index contributed by atoms with van der Waals surface area (Å²) in [5.74, 6) is 1.12. The van der Waals surface area contributed by atoms with Crippen LogP contribution in [0.3, 0.4) is 0 Å². The average molecular weight is 392 g/mol. The van der Waals surface area contributed by atoms with Crippen LogP contribution in [0.1, 0.15) is 22.3 Å². The number of benzene rings is 1. The maximum atomic E-state index is 12.7. The van der Waals surface area contributed by atoms with Gasteiger partial charge >= 0.3 is 6.18 Å². The third kappa shape index (κ3) is 3.62. The topological polar surface area (TPSA) is 38.4 Å². The molecule has 0 radical (unpaired) electrons. The Morgan fingerprint density at radius 1 is 1.15 bits per heavy atom. The Balaban J connectivity index is 1.55. The Kier molecular flexibility index (Phi) is 4.51. The summed E-state index contributed by atoms with van der Waals surface area (Å²) in [4.78, 5) is 14.0. The molecule has 0 N–H and O–H groups in total. The summed E-state index contributed by atoms with van der Waals surface area (Å²) in [7, 11) is 0. The fraction of sp³-hybridized carbons (Fsp3) is 0.211. The zero-order chi connectivity index (χ0) is 19.0. The monoisotopic (exact) mass is 392 g/mol. The van der Waals surface area contributed by atoms with Crippen LogP contribution < -0.4 is 0 Å². The van der Waals surface area contributed by atoms with Crippen molar-refractivity contribution in [2.24, 2.45) is 0 Å². The van der Waals surface area contributed by atoms with Crippen molar-refractivity contribution in [3.8, 4) is 5.69 Å². The Morgan fingerprint density at radius 3 is 2.59 bits per heavy atom. The fourth-order valence-electron chi connectivity index (χ4n) is 3.01. The number of thioether (sulfide) groups is 1. The largest absolute Gasteiger partial charge is 0.467 e. The highest BCUT2D eigenvalue weighted by Crippen LogP contribution is 2.40. The van der Waals surface area contributed by atoms with Crippen molar-refractivity contribution in [2.75, 3.05) is 5.75 Å². The third-order valence-corrected chi connectivity index (χ3v) is 5.62. The number of carbonyl (C=O) groups excluding carboxylic acids is 1. The molecule has 3 aromatic rings. The summed E-state index contributed by atoms with van der Waals surface area (Å²) < 4.78 is 45.2. The summed E-state index contributed by atoms with van der Waals surface area (Å²) in [6.45, 7) is 0.384. The van der Waals surface area contributed by atoms with Crippen LogP contribution in [0, 0.1) is 0 Å². The molecular weight excluding hydrogens is 377 g/mol. The van der Waals surface area contributed by atoms with E-state index in [9.17, 15) is 18.0 Å². The molecule has 0 bridgehead atoms. The molecule has 4 nitrogen and oxygen atoms in total. The molecule has 1 aliphatic heterocycles. The van der Waals surface area contributed by atoms with Gasteiger partial charge < -0.3 is 13.9 Å². The smallest absolute Gasteiger partial charge is 0.416 e. The molecule has 1 fully saturated rings. The van der Waals surface area contributed by atoms with Crippen LogP contribution in [0.4, 0.5) is 13.2 Å². The number of nitrogens with zero attached hydrogens (tertiary/aromatic N) is 2. The summed E-state index contributed by atoms with van der Waals surface area (Å²) >= 11 is 1.52. The highest BCUT2D eigenvalue weighted by molar-refractivity contribution is 8.00. The number of hydrogen-bond donors (Lipinski definition) is 0. The molecule has 1 aliphatic rings. The normalized spacial score (nSPS) is 17.7. The molecule has 3 heterocycles. The van der Waals surface area contributed by atoms with Crippen LogP contribution in [-0.4, -0.2) is 21.1 Å². The van der Waals surface area contributed by atoms with Gasteiger partial charge in [-0.25, -0.2) is 0 Å². The number of halogens is 3. The summed E-state index contributed by atoms with van der Waals surface area (Å²) in [6.07, 6.45) is 0.840. The van der Waals surface area contributed by atoms with Gasteiger partial charge in [0, 0.05) is 23.6 Å². The molecule has 1 saturated heterocycles. The van der Waals surface area contributed by atoms with Crippen molar-refractivity contribution < 1.29 is 22.4 Å². The molecule has 140 valence electrons. The molecular formula is C19H15F3N2O2S. The van der Waals surface area contributed by atoms with Gasteiger partial charge in [0.2, 0.25) is 5.91 Å². The van der Waals surface area contributed by atoms with E-state index in [0.29, 0.717) is 23.7 Å². The van der Waals surface area contributed by atoms with Crippen LogP contribution in [-0.2, 0) is 17.5 Å². The first-order chi connectivity index (χ1) is 12.9. The molecule has 1 amide bonds. The zero-order valence-electron chi connectivity index (χ0n) is 14.0. The minimum absolute atomic E-state index is 0.0312. The Hall–Kier alpha value is -2.61. The molecule has 1 atom stereocenters. The number of rotatable bonds is 4. The van der Waals surface area contributed by atoms with Gasteiger partial charge in [-0.3, -0.25) is 4.79 Å². The molecule has 2 aromatic heterocycles. The lowest BCUT2D eigenvalue weighted by atomic mass is 10.2. The first-order valence-electron chi connectivity index (χ1n) is 8.21. The minimum atomic E-state index is -4.35. The number of hydrogen-bond acceptors (Lipinski definition) is 3. The van der Waals surface area contributed by atoms with E-state index >= 15 is 0 Å². The zero-order valence-corrected chi connectivity index (χ0v) is 14.8. The second-order valence-corrected chi connectivity index (χ2v) is 7.23. The van der Waals surface area contributed by atoms with Gasteiger partial charge in [-0.15, -0.1) is 11.8 Å². The predicted molar refractivity (Wildman–Crippen MR) is 95.2 cm³/mol. The van der Waals surface area contributed by atoms with Crippen LogP contribution >= 0.6 is 11.8 Å². The first-order valence-corrected chi connectivity index (χ1v) is 9.26. The molecule has 4 rings (SSSR count). The number of aromatic nitrogens is 1. The summed E-state index contributed by atoms with van der Waals surface area (Å²) in [5, 5.41) is -0.154. The Labute approximate surface area is 157 Å². The fourth-order valence-corrected chi connectivity index (χ4v) is 4.18. The van der Waals surface area contributed by atoms with Gasteiger partial charge in [0.05, 0.1) is 24.1 Å². The number of alkyl halides is 3. The van der Waals surface area contributed by atoms with E-state index in [2.05, 4.69) is 0 Å².